The number of carbonyl (C=O) groups excluding carboxylic acids is 2. The van der Waals surface area contributed by atoms with Crippen LogP contribution in [0.25, 0.3) is 10.6 Å². The third-order valence-electron chi connectivity index (χ3n) is 6.01. The van der Waals surface area contributed by atoms with E-state index in [2.05, 4.69) is 4.98 Å². The highest BCUT2D eigenvalue weighted by Crippen LogP contribution is 2.35. The maximum atomic E-state index is 13.4. The first-order valence-corrected chi connectivity index (χ1v) is 12.4. The summed E-state index contributed by atoms with van der Waals surface area (Å²) in [7, 11) is 0. The monoisotopic (exact) mass is 481 g/mol. The fraction of sp³-hybridized carbons (Fsp3) is 0.320. The second-order valence-electron chi connectivity index (χ2n) is 8.27. The van der Waals surface area contributed by atoms with E-state index in [1.54, 1.807) is 4.90 Å². The summed E-state index contributed by atoms with van der Waals surface area (Å²) in [5, 5.41) is 3.30. The number of para-hydroxylation sites is 2. The van der Waals surface area contributed by atoms with E-state index in [0.717, 1.165) is 42.9 Å². The number of fused-ring (bicyclic) bond motifs is 1. The van der Waals surface area contributed by atoms with Gasteiger partial charge in [0.1, 0.15) is 10.8 Å². The summed E-state index contributed by atoms with van der Waals surface area (Å²) < 4.78 is 6.04. The number of anilines is 1. The number of hydrogen-bond donors (Lipinski definition) is 0. The summed E-state index contributed by atoms with van der Waals surface area (Å²) in [6.45, 7) is 1.70. The van der Waals surface area contributed by atoms with Gasteiger partial charge >= 0.3 is 0 Å². The molecule has 2 aliphatic heterocycles. The van der Waals surface area contributed by atoms with Crippen molar-refractivity contribution in [2.24, 2.45) is 0 Å². The molecule has 0 N–H and O–H groups in total. The molecule has 0 aliphatic carbocycles. The summed E-state index contributed by atoms with van der Waals surface area (Å²) in [4.78, 5) is 34.7. The zero-order valence-electron chi connectivity index (χ0n) is 18.1. The number of carbonyl (C=O) groups is 2. The smallest absolute Gasteiger partial charge is 0.265 e. The Morgan fingerprint density at radius 1 is 1.06 bits per heavy atom. The third-order valence-corrected chi connectivity index (χ3v) is 7.26. The molecular formula is C25H24ClN3O3S. The number of likely N-dealkylation sites (tertiary alicyclic amines) is 1. The fourth-order valence-corrected chi connectivity index (χ4v) is 5.45. The van der Waals surface area contributed by atoms with E-state index < -0.39 is 6.10 Å². The van der Waals surface area contributed by atoms with E-state index in [9.17, 15) is 9.59 Å². The first kappa shape index (κ1) is 21.9. The van der Waals surface area contributed by atoms with Gasteiger partial charge in [-0.05, 0) is 37.5 Å². The third kappa shape index (κ3) is 4.61. The minimum atomic E-state index is -0.698. The number of ether oxygens (including phenoxy) is 1. The minimum absolute atomic E-state index is 0.0448. The molecule has 170 valence electrons. The normalized spacial score (nSPS) is 17.9. The SMILES string of the molecule is O=C([C@H]1CN(C(=O)Cc2csc(-c3ccccc3Cl)n2)c2ccccc2O1)N1CCCCC1. The summed E-state index contributed by atoms with van der Waals surface area (Å²) in [5.41, 5.74) is 2.22. The molecule has 6 nitrogen and oxygen atoms in total. The van der Waals surface area contributed by atoms with Crippen molar-refractivity contribution in [3.8, 4) is 16.3 Å². The lowest BCUT2D eigenvalue weighted by Crippen LogP contribution is -2.53. The van der Waals surface area contributed by atoms with Gasteiger partial charge in [-0.1, -0.05) is 41.9 Å². The Labute approximate surface area is 201 Å². The minimum Gasteiger partial charge on any atom is -0.476 e. The van der Waals surface area contributed by atoms with E-state index >= 15 is 0 Å². The van der Waals surface area contributed by atoms with Crippen molar-refractivity contribution in [2.75, 3.05) is 24.5 Å². The van der Waals surface area contributed by atoms with Gasteiger partial charge in [0.2, 0.25) is 5.91 Å². The van der Waals surface area contributed by atoms with Crippen molar-refractivity contribution < 1.29 is 14.3 Å². The highest BCUT2D eigenvalue weighted by molar-refractivity contribution is 7.13. The van der Waals surface area contributed by atoms with Crippen LogP contribution in [-0.2, 0) is 16.0 Å². The van der Waals surface area contributed by atoms with Gasteiger partial charge in [-0.15, -0.1) is 11.3 Å². The highest BCUT2D eigenvalue weighted by Gasteiger charge is 2.36. The first-order chi connectivity index (χ1) is 16.1. The van der Waals surface area contributed by atoms with E-state index in [4.69, 9.17) is 16.3 Å². The van der Waals surface area contributed by atoms with Crippen LogP contribution in [0.3, 0.4) is 0 Å². The lowest BCUT2D eigenvalue weighted by Gasteiger charge is -2.37. The molecule has 0 radical (unpaired) electrons. The number of amides is 2. The summed E-state index contributed by atoms with van der Waals surface area (Å²) in [6.07, 6.45) is 2.60. The molecule has 0 spiro atoms. The van der Waals surface area contributed by atoms with Crippen LogP contribution in [0.2, 0.25) is 5.02 Å². The summed E-state index contributed by atoms with van der Waals surface area (Å²) in [6, 6.07) is 14.9. The summed E-state index contributed by atoms with van der Waals surface area (Å²) >= 11 is 7.77. The molecule has 1 fully saturated rings. The zero-order chi connectivity index (χ0) is 22.8. The van der Waals surface area contributed by atoms with Gasteiger partial charge in [-0.25, -0.2) is 4.98 Å². The molecule has 2 aliphatic rings. The number of piperidine rings is 1. The molecule has 3 aromatic rings. The van der Waals surface area contributed by atoms with E-state index in [-0.39, 0.29) is 24.8 Å². The number of aromatic nitrogens is 1. The van der Waals surface area contributed by atoms with Crippen molar-refractivity contribution in [3.05, 3.63) is 64.6 Å². The van der Waals surface area contributed by atoms with Crippen LogP contribution in [0.15, 0.2) is 53.9 Å². The predicted molar refractivity (Wildman–Crippen MR) is 130 cm³/mol. The molecule has 0 bridgehead atoms. The number of benzene rings is 2. The molecule has 8 heteroatoms. The fourth-order valence-electron chi connectivity index (χ4n) is 4.31. The summed E-state index contributed by atoms with van der Waals surface area (Å²) in [5.74, 6) is 0.400. The maximum absolute atomic E-state index is 13.4. The lowest BCUT2D eigenvalue weighted by atomic mass is 10.1. The van der Waals surface area contributed by atoms with Gasteiger partial charge in [0.15, 0.2) is 6.10 Å². The second-order valence-corrected chi connectivity index (χ2v) is 9.53. The number of rotatable bonds is 4. The maximum Gasteiger partial charge on any atom is 0.265 e. The zero-order valence-corrected chi connectivity index (χ0v) is 19.6. The second kappa shape index (κ2) is 9.53. The van der Waals surface area contributed by atoms with Crippen LogP contribution in [0.5, 0.6) is 5.75 Å². The van der Waals surface area contributed by atoms with Gasteiger partial charge in [0, 0.05) is 24.0 Å². The first-order valence-electron chi connectivity index (χ1n) is 11.1. The van der Waals surface area contributed by atoms with Crippen molar-refractivity contribution in [1.82, 2.24) is 9.88 Å². The van der Waals surface area contributed by atoms with Gasteiger partial charge < -0.3 is 14.5 Å². The van der Waals surface area contributed by atoms with Crippen molar-refractivity contribution in [2.45, 2.75) is 31.8 Å². The topological polar surface area (TPSA) is 62.7 Å². The van der Waals surface area contributed by atoms with Crippen LogP contribution >= 0.6 is 22.9 Å². The molecule has 0 unspecified atom stereocenters. The quantitative estimate of drug-likeness (QED) is 0.536. The Balaban J connectivity index is 1.35. The van der Waals surface area contributed by atoms with Crippen molar-refractivity contribution >= 4 is 40.4 Å². The molecule has 5 rings (SSSR count). The largest absolute Gasteiger partial charge is 0.476 e. The van der Waals surface area contributed by atoms with E-state index in [1.165, 1.54) is 11.3 Å². The van der Waals surface area contributed by atoms with Crippen LogP contribution in [-0.4, -0.2) is 47.4 Å². The predicted octanol–water partition coefficient (Wildman–Crippen LogP) is 4.81. The molecule has 3 heterocycles. The Kier molecular flexibility index (Phi) is 6.33. The number of halogens is 1. The molecule has 1 aromatic heterocycles. The van der Waals surface area contributed by atoms with E-state index in [1.807, 2.05) is 58.8 Å². The lowest BCUT2D eigenvalue weighted by molar-refractivity contribution is -0.139. The standard InChI is InChI=1S/C25H24ClN3O3S/c26-19-9-3-2-8-18(19)24-27-17(16-33-24)14-23(30)29-15-22(25(31)28-12-6-1-7-13-28)32-21-11-5-4-10-20(21)29/h2-5,8-11,16,22H,1,6-7,12-15H2/t22-/m1/s1. The highest BCUT2D eigenvalue weighted by atomic mass is 35.5. The van der Waals surface area contributed by atoms with Crippen LogP contribution in [0.4, 0.5) is 5.69 Å². The van der Waals surface area contributed by atoms with Gasteiger partial charge in [0.25, 0.3) is 5.91 Å². The number of hydrogen-bond acceptors (Lipinski definition) is 5. The average Bonchev–Trinajstić information content (AvgIpc) is 3.31. The molecule has 2 amide bonds. The molecule has 1 saturated heterocycles. The Morgan fingerprint density at radius 3 is 2.64 bits per heavy atom. The molecule has 0 saturated carbocycles. The van der Waals surface area contributed by atoms with Crippen molar-refractivity contribution in [3.63, 3.8) is 0 Å². The van der Waals surface area contributed by atoms with Gasteiger partial charge in [-0.3, -0.25) is 9.59 Å². The Morgan fingerprint density at radius 2 is 1.82 bits per heavy atom. The number of nitrogens with zero attached hydrogens (tertiary/aromatic N) is 3. The molecule has 1 atom stereocenters. The Bertz CT molecular complexity index is 1170. The van der Waals surface area contributed by atoms with Gasteiger partial charge in [-0.2, -0.15) is 0 Å². The van der Waals surface area contributed by atoms with Crippen LogP contribution < -0.4 is 9.64 Å². The number of thiazole rings is 1. The van der Waals surface area contributed by atoms with E-state index in [0.29, 0.717) is 22.2 Å². The average molecular weight is 482 g/mol. The van der Waals surface area contributed by atoms with Crippen LogP contribution in [0, 0.1) is 0 Å². The van der Waals surface area contributed by atoms with Crippen LogP contribution in [0.1, 0.15) is 25.0 Å². The molecule has 33 heavy (non-hydrogen) atoms. The molecule has 2 aromatic carbocycles. The van der Waals surface area contributed by atoms with Crippen molar-refractivity contribution in [1.29, 1.82) is 0 Å². The Hall–Kier alpha value is -2.90. The van der Waals surface area contributed by atoms with Gasteiger partial charge in [0.05, 0.1) is 29.4 Å². The molecular weight excluding hydrogens is 458 g/mol.